The van der Waals surface area contributed by atoms with Crippen molar-refractivity contribution in [1.82, 2.24) is 24.8 Å². The number of carbonyl (C=O) groups is 1. The summed E-state index contributed by atoms with van der Waals surface area (Å²) in [5.74, 6) is -0.267. The van der Waals surface area contributed by atoms with E-state index in [0.29, 0.717) is 11.7 Å². The maximum atomic E-state index is 11.8. The Balaban J connectivity index is 1.79. The highest BCUT2D eigenvalue weighted by molar-refractivity contribution is 7.80. The van der Waals surface area contributed by atoms with Gasteiger partial charge in [0, 0.05) is 30.3 Å². The minimum Gasteiger partial charge on any atom is -0.469 e. The van der Waals surface area contributed by atoms with Crippen molar-refractivity contribution in [2.45, 2.75) is 25.4 Å². The van der Waals surface area contributed by atoms with Gasteiger partial charge in [0.15, 0.2) is 5.11 Å². The number of aryl methyl sites for hydroxylation is 1. The Bertz CT molecular complexity index is 1040. The summed E-state index contributed by atoms with van der Waals surface area (Å²) in [4.78, 5) is 22.7. The molecule has 8 heteroatoms. The fourth-order valence-electron chi connectivity index (χ4n) is 3.91. The normalized spacial score (nSPS) is 18.3. The molecule has 7 nitrogen and oxygen atoms in total. The van der Waals surface area contributed by atoms with Crippen molar-refractivity contribution in [3.63, 3.8) is 0 Å². The zero-order chi connectivity index (χ0) is 21.1. The molecule has 154 valence electrons. The van der Waals surface area contributed by atoms with Gasteiger partial charge < -0.3 is 19.5 Å². The maximum Gasteiger partial charge on any atom is 0.307 e. The first-order chi connectivity index (χ1) is 14.6. The van der Waals surface area contributed by atoms with E-state index in [1.165, 1.54) is 7.11 Å². The average Bonchev–Trinajstić information content (AvgIpc) is 3.32. The quantitative estimate of drug-likeness (QED) is 0.484. The number of carbonyl (C=O) groups excluding carboxylic acids is 1. The second kappa shape index (κ2) is 8.62. The molecule has 4 rings (SSSR count). The molecule has 3 aromatic rings. The van der Waals surface area contributed by atoms with Gasteiger partial charge in [-0.2, -0.15) is 0 Å². The van der Waals surface area contributed by atoms with Crippen LogP contribution in [0, 0.1) is 6.92 Å². The lowest BCUT2D eigenvalue weighted by atomic mass is 10.0. The second-order valence-corrected chi connectivity index (χ2v) is 7.48. The average molecular weight is 422 g/mol. The monoisotopic (exact) mass is 421 g/mol. The van der Waals surface area contributed by atoms with Crippen molar-refractivity contribution >= 4 is 23.3 Å². The number of nitrogens with zero attached hydrogens (tertiary/aromatic N) is 4. The van der Waals surface area contributed by atoms with Crippen LogP contribution < -0.4 is 5.32 Å². The number of nitrogens with one attached hydrogen (secondary N) is 1. The van der Waals surface area contributed by atoms with Crippen LogP contribution in [0.3, 0.4) is 0 Å². The van der Waals surface area contributed by atoms with E-state index in [0.717, 1.165) is 22.8 Å². The van der Waals surface area contributed by atoms with E-state index in [9.17, 15) is 4.79 Å². The molecule has 1 saturated heterocycles. The third-order valence-corrected chi connectivity index (χ3v) is 5.65. The number of rotatable bonds is 6. The van der Waals surface area contributed by atoms with Crippen molar-refractivity contribution < 1.29 is 9.53 Å². The molecule has 30 heavy (non-hydrogen) atoms. The first kappa shape index (κ1) is 20.0. The first-order valence-electron chi connectivity index (χ1n) is 9.73. The van der Waals surface area contributed by atoms with Crippen LogP contribution in [-0.4, -0.2) is 44.2 Å². The van der Waals surface area contributed by atoms with E-state index >= 15 is 0 Å². The standard InChI is InChI=1S/C22H23N5O2S/c1-15-8-9-18(27(15)16-6-5-11-23-14-16)21-20(17-7-3-4-12-24-17)25-22(30)26(21)13-10-19(28)29-2/h3-9,11-12,14,20-21H,10,13H2,1-2H3,(H,25,30)/t20-,21+/m0/s1. The highest BCUT2D eigenvalue weighted by Crippen LogP contribution is 2.40. The van der Waals surface area contributed by atoms with Gasteiger partial charge in [0.25, 0.3) is 0 Å². The van der Waals surface area contributed by atoms with Gasteiger partial charge in [0.05, 0.1) is 43.2 Å². The first-order valence-corrected chi connectivity index (χ1v) is 10.1. The van der Waals surface area contributed by atoms with Gasteiger partial charge in [0.1, 0.15) is 0 Å². The number of methoxy groups -OCH3 is 1. The van der Waals surface area contributed by atoms with Crippen LogP contribution in [-0.2, 0) is 9.53 Å². The summed E-state index contributed by atoms with van der Waals surface area (Å²) < 4.78 is 7.01. The molecule has 1 N–H and O–H groups in total. The Morgan fingerprint density at radius 2 is 2.07 bits per heavy atom. The van der Waals surface area contributed by atoms with Gasteiger partial charge >= 0.3 is 5.97 Å². The Morgan fingerprint density at radius 3 is 2.77 bits per heavy atom. The van der Waals surface area contributed by atoms with E-state index in [1.807, 2.05) is 41.4 Å². The molecule has 3 aromatic heterocycles. The zero-order valence-corrected chi connectivity index (χ0v) is 17.7. The highest BCUT2D eigenvalue weighted by Gasteiger charge is 2.41. The van der Waals surface area contributed by atoms with Gasteiger partial charge in [-0.05, 0) is 55.5 Å². The molecule has 4 heterocycles. The summed E-state index contributed by atoms with van der Waals surface area (Å²) in [5.41, 5.74) is 4.00. The molecule has 1 fully saturated rings. The zero-order valence-electron chi connectivity index (χ0n) is 16.9. The summed E-state index contributed by atoms with van der Waals surface area (Å²) in [6.07, 6.45) is 5.62. The maximum absolute atomic E-state index is 11.8. The largest absolute Gasteiger partial charge is 0.469 e. The van der Waals surface area contributed by atoms with Crippen LogP contribution in [0.2, 0.25) is 0 Å². The smallest absolute Gasteiger partial charge is 0.307 e. The van der Waals surface area contributed by atoms with E-state index in [-0.39, 0.29) is 24.5 Å². The molecule has 2 atom stereocenters. The van der Waals surface area contributed by atoms with Gasteiger partial charge in [-0.1, -0.05) is 6.07 Å². The summed E-state index contributed by atoms with van der Waals surface area (Å²) >= 11 is 5.66. The number of aromatic nitrogens is 3. The van der Waals surface area contributed by atoms with Gasteiger partial charge in [-0.3, -0.25) is 14.8 Å². The van der Waals surface area contributed by atoms with Crippen molar-refractivity contribution in [2.75, 3.05) is 13.7 Å². The van der Waals surface area contributed by atoms with Crippen molar-refractivity contribution in [2.24, 2.45) is 0 Å². The van der Waals surface area contributed by atoms with E-state index < -0.39 is 0 Å². The molecule has 1 aliphatic heterocycles. The van der Waals surface area contributed by atoms with Crippen LogP contribution in [0.15, 0.2) is 61.1 Å². The predicted octanol–water partition coefficient (Wildman–Crippen LogP) is 3.11. The topological polar surface area (TPSA) is 72.3 Å². The second-order valence-electron chi connectivity index (χ2n) is 7.09. The number of thiocarbonyl (C=S) groups is 1. The van der Waals surface area contributed by atoms with E-state index in [2.05, 4.69) is 38.9 Å². The lowest BCUT2D eigenvalue weighted by Crippen LogP contribution is -2.32. The van der Waals surface area contributed by atoms with Crippen LogP contribution in [0.25, 0.3) is 5.69 Å². The lowest BCUT2D eigenvalue weighted by Gasteiger charge is -2.29. The van der Waals surface area contributed by atoms with Gasteiger partial charge in [0.2, 0.25) is 0 Å². The minimum absolute atomic E-state index is 0.147. The van der Waals surface area contributed by atoms with E-state index in [1.54, 1.807) is 12.4 Å². The third kappa shape index (κ3) is 3.78. The molecule has 0 bridgehead atoms. The van der Waals surface area contributed by atoms with Crippen LogP contribution in [0.4, 0.5) is 0 Å². The molecule has 1 aliphatic rings. The number of ether oxygens (including phenoxy) is 1. The van der Waals surface area contributed by atoms with Gasteiger partial charge in [-0.15, -0.1) is 0 Å². The fourth-order valence-corrected chi connectivity index (χ4v) is 4.24. The molecule has 0 spiro atoms. The predicted molar refractivity (Wildman–Crippen MR) is 117 cm³/mol. The number of hydrogen-bond donors (Lipinski definition) is 1. The molecule has 0 amide bonds. The highest BCUT2D eigenvalue weighted by atomic mass is 32.1. The molecule has 0 radical (unpaired) electrons. The van der Waals surface area contributed by atoms with Crippen LogP contribution in [0.5, 0.6) is 0 Å². The Labute approximate surface area is 180 Å². The Kier molecular flexibility index (Phi) is 5.76. The van der Waals surface area contributed by atoms with Crippen LogP contribution >= 0.6 is 12.2 Å². The molecule has 0 unspecified atom stereocenters. The van der Waals surface area contributed by atoms with Crippen molar-refractivity contribution in [3.05, 3.63) is 78.1 Å². The van der Waals surface area contributed by atoms with Crippen molar-refractivity contribution in [3.8, 4) is 5.69 Å². The number of hydrogen-bond acceptors (Lipinski definition) is 5. The molecule has 0 saturated carbocycles. The molecule has 0 aliphatic carbocycles. The van der Waals surface area contributed by atoms with Gasteiger partial charge in [-0.25, -0.2) is 0 Å². The van der Waals surface area contributed by atoms with E-state index in [4.69, 9.17) is 17.0 Å². The molecular formula is C22H23N5O2S. The number of esters is 1. The fraction of sp³-hybridized carbons (Fsp3) is 0.273. The lowest BCUT2D eigenvalue weighted by molar-refractivity contribution is -0.140. The molecular weight excluding hydrogens is 398 g/mol. The van der Waals surface area contributed by atoms with Crippen LogP contribution in [0.1, 0.15) is 35.6 Å². The summed E-state index contributed by atoms with van der Waals surface area (Å²) in [6, 6.07) is 13.7. The summed E-state index contributed by atoms with van der Waals surface area (Å²) in [6.45, 7) is 2.51. The Morgan fingerprint density at radius 1 is 1.20 bits per heavy atom. The van der Waals surface area contributed by atoms with Crippen molar-refractivity contribution in [1.29, 1.82) is 0 Å². The third-order valence-electron chi connectivity index (χ3n) is 5.30. The molecule has 0 aromatic carbocycles. The Hall–Kier alpha value is -3.26. The minimum atomic E-state index is -0.267. The SMILES string of the molecule is COC(=O)CCN1C(=S)N[C@@H](c2ccccn2)[C@H]1c1ccc(C)n1-c1cccnc1. The number of pyridine rings is 2. The summed E-state index contributed by atoms with van der Waals surface area (Å²) in [5, 5.41) is 4.01. The summed E-state index contributed by atoms with van der Waals surface area (Å²) in [7, 11) is 1.40.